The minimum absolute atomic E-state index is 0.0796. The molecule has 2 heterocycles. The molecule has 2 saturated heterocycles. The number of carbonyl (C=O) groups is 5. The van der Waals surface area contributed by atoms with Crippen LogP contribution in [0.4, 0.5) is 0 Å². The average Bonchev–Trinajstić information content (AvgIpc) is 3.00. The maximum Gasteiger partial charge on any atom is 0.219 e. The zero-order valence-corrected chi connectivity index (χ0v) is 31.1. The minimum Gasteiger partial charge on any atom is -0.343 e. The number of halogens is 2. The summed E-state index contributed by atoms with van der Waals surface area (Å²) in [6.45, 7) is 15.8. The van der Waals surface area contributed by atoms with Crippen LogP contribution in [0.15, 0.2) is 0 Å². The lowest BCUT2D eigenvalue weighted by Gasteiger charge is -2.23. The van der Waals surface area contributed by atoms with E-state index in [2.05, 4.69) is 19.2 Å². The first kappa shape index (κ1) is 44.6. The Kier molecular flexibility index (Phi) is 27.7. The summed E-state index contributed by atoms with van der Waals surface area (Å²) >= 11 is 9.53. The molecule has 9 nitrogen and oxygen atoms in total. The highest BCUT2D eigenvalue weighted by atomic mass is 35.5. The van der Waals surface area contributed by atoms with Gasteiger partial charge < -0.3 is 10.2 Å². The summed E-state index contributed by atoms with van der Waals surface area (Å²) in [6.07, 6.45) is 11.8. The summed E-state index contributed by atoms with van der Waals surface area (Å²) in [6, 6.07) is 0. The van der Waals surface area contributed by atoms with Gasteiger partial charge in [-0.25, -0.2) is 0 Å². The van der Waals surface area contributed by atoms with Gasteiger partial charge in [-0.2, -0.15) is 0 Å². The lowest BCUT2D eigenvalue weighted by Crippen LogP contribution is -2.37. The fourth-order valence-electron chi connectivity index (χ4n) is 6.05. The van der Waals surface area contributed by atoms with Gasteiger partial charge in [0.1, 0.15) is 23.1 Å². The summed E-state index contributed by atoms with van der Waals surface area (Å²) in [4.78, 5) is 65.2. The molecule has 0 aromatic heterocycles. The highest BCUT2D eigenvalue weighted by Gasteiger charge is 2.22. The van der Waals surface area contributed by atoms with Gasteiger partial charge in [0.15, 0.2) is 0 Å². The second-order valence-corrected chi connectivity index (χ2v) is 13.5. The summed E-state index contributed by atoms with van der Waals surface area (Å²) in [5.74, 6) is 1.20. The van der Waals surface area contributed by atoms with E-state index in [4.69, 9.17) is 23.2 Å². The molecule has 2 rings (SSSR count). The van der Waals surface area contributed by atoms with Crippen LogP contribution in [-0.4, -0.2) is 115 Å². The highest BCUT2D eigenvalue weighted by Crippen LogP contribution is 2.17. The summed E-state index contributed by atoms with van der Waals surface area (Å²) in [5.41, 5.74) is 0. The number of Topliss-reactive ketones (excluding diaryl/α,β-unsaturated/α-hetero) is 4. The van der Waals surface area contributed by atoms with E-state index in [-0.39, 0.29) is 40.4 Å². The van der Waals surface area contributed by atoms with E-state index in [0.29, 0.717) is 32.0 Å². The third kappa shape index (κ3) is 23.0. The normalized spacial score (nSPS) is 22.5. The minimum atomic E-state index is 0.0796. The second-order valence-electron chi connectivity index (χ2n) is 12.7. The zero-order chi connectivity index (χ0) is 34.7. The molecule has 0 saturated carbocycles. The van der Waals surface area contributed by atoms with Crippen LogP contribution in [-0.2, 0) is 24.0 Å². The first-order chi connectivity index (χ1) is 22.0. The Hall–Kier alpha value is -1.39. The molecule has 2 atom stereocenters. The molecule has 11 heteroatoms. The van der Waals surface area contributed by atoms with E-state index in [0.717, 1.165) is 116 Å². The molecule has 1 amide bonds. The molecule has 0 spiro atoms. The van der Waals surface area contributed by atoms with Crippen molar-refractivity contribution >= 4 is 52.2 Å². The van der Waals surface area contributed by atoms with Crippen LogP contribution in [0, 0.1) is 11.8 Å². The van der Waals surface area contributed by atoms with Gasteiger partial charge in [-0.1, -0.05) is 26.7 Å². The maximum atomic E-state index is 12.5. The largest absolute Gasteiger partial charge is 0.343 e. The predicted octanol–water partition coefficient (Wildman–Crippen LogP) is 5.73. The van der Waals surface area contributed by atoms with E-state index >= 15 is 0 Å². The number of nitrogens with zero attached hydrogens (tertiary/aromatic N) is 3. The van der Waals surface area contributed by atoms with Crippen molar-refractivity contribution < 1.29 is 24.0 Å². The van der Waals surface area contributed by atoms with Crippen LogP contribution in [0.2, 0.25) is 0 Å². The van der Waals surface area contributed by atoms with Crippen molar-refractivity contribution in [1.29, 1.82) is 0 Å². The number of amides is 1. The van der Waals surface area contributed by atoms with Crippen molar-refractivity contribution in [1.82, 2.24) is 20.0 Å². The van der Waals surface area contributed by atoms with E-state index in [1.807, 2.05) is 14.7 Å². The van der Waals surface area contributed by atoms with E-state index in [1.54, 1.807) is 20.8 Å². The molecular formula is C35H64Cl2N4O5. The van der Waals surface area contributed by atoms with Crippen molar-refractivity contribution in [3.63, 3.8) is 0 Å². The predicted molar refractivity (Wildman–Crippen MR) is 190 cm³/mol. The van der Waals surface area contributed by atoms with Gasteiger partial charge in [-0.15, -0.1) is 23.2 Å². The average molecular weight is 692 g/mol. The zero-order valence-electron chi connectivity index (χ0n) is 29.6. The van der Waals surface area contributed by atoms with Gasteiger partial charge in [-0.3, -0.25) is 33.8 Å². The fraction of sp³-hybridized carbons (Fsp3) is 0.857. The molecule has 0 aromatic rings. The molecule has 0 aliphatic carbocycles. The number of nitrogens with one attached hydrogen (secondary N) is 1. The SMILES string of the molecule is CC[C@H]1CCCCN(C(C)=O)CCCCN(CC(C)=O)CC1=O.CC[C@H]1CCCCNCCCCN(CC(C)=O)CC1=O.ClCCl. The van der Waals surface area contributed by atoms with E-state index in [1.165, 1.54) is 0 Å². The van der Waals surface area contributed by atoms with Gasteiger partial charge in [0, 0.05) is 31.8 Å². The highest BCUT2D eigenvalue weighted by molar-refractivity contribution is 6.40. The van der Waals surface area contributed by atoms with Gasteiger partial charge in [0.25, 0.3) is 0 Å². The van der Waals surface area contributed by atoms with Crippen LogP contribution in [0.25, 0.3) is 0 Å². The molecule has 0 aromatic carbocycles. The third-order valence-electron chi connectivity index (χ3n) is 8.61. The van der Waals surface area contributed by atoms with Gasteiger partial charge >= 0.3 is 0 Å². The molecular weight excluding hydrogens is 627 g/mol. The molecule has 2 fully saturated rings. The summed E-state index contributed by atoms with van der Waals surface area (Å²) in [5, 5.41) is 3.65. The molecule has 0 bridgehead atoms. The lowest BCUT2D eigenvalue weighted by atomic mass is 9.94. The molecule has 0 radical (unpaired) electrons. The monoisotopic (exact) mass is 690 g/mol. The fourth-order valence-corrected chi connectivity index (χ4v) is 6.05. The van der Waals surface area contributed by atoms with Crippen LogP contribution in [0.1, 0.15) is 112 Å². The molecule has 46 heavy (non-hydrogen) atoms. The second kappa shape index (κ2) is 28.6. The number of ketones is 4. The van der Waals surface area contributed by atoms with Crippen molar-refractivity contribution in [2.45, 2.75) is 112 Å². The molecule has 268 valence electrons. The van der Waals surface area contributed by atoms with E-state index < -0.39 is 0 Å². The number of carbonyl (C=O) groups excluding carboxylic acids is 5. The van der Waals surface area contributed by atoms with Crippen molar-refractivity contribution in [2.24, 2.45) is 11.8 Å². The lowest BCUT2D eigenvalue weighted by molar-refractivity contribution is -0.129. The Morgan fingerprint density at radius 2 is 1.02 bits per heavy atom. The van der Waals surface area contributed by atoms with Crippen LogP contribution in [0.5, 0.6) is 0 Å². The van der Waals surface area contributed by atoms with Gasteiger partial charge in [-0.05, 0) is 104 Å². The summed E-state index contributed by atoms with van der Waals surface area (Å²) in [7, 11) is 0. The molecule has 2 aliphatic rings. The number of rotatable bonds is 6. The summed E-state index contributed by atoms with van der Waals surface area (Å²) < 4.78 is 0. The topological polar surface area (TPSA) is 107 Å². The Morgan fingerprint density at radius 1 is 0.652 bits per heavy atom. The van der Waals surface area contributed by atoms with Crippen molar-refractivity contribution in [3.8, 4) is 0 Å². The van der Waals surface area contributed by atoms with Crippen LogP contribution < -0.4 is 5.32 Å². The van der Waals surface area contributed by atoms with Gasteiger partial charge in [0.2, 0.25) is 5.91 Å². The third-order valence-corrected chi connectivity index (χ3v) is 8.61. The standard InChI is InChI=1S/C18H32N2O3.C16H30N2O2.CH2Cl2/c1-4-17-9-5-6-11-20(16(3)22)12-8-7-10-19(13-15(2)21)14-18(17)23;1-3-15-8-4-5-9-17-10-6-7-11-18(12-14(2)19)13-16(15)20;2-1-3/h17H,4-14H2,1-3H3;15,17H,3-13H2,1-2H3;1H2/t17-;15-;/m00./s1. The molecule has 2 aliphatic heterocycles. The number of alkyl halides is 2. The number of hydrogen-bond acceptors (Lipinski definition) is 8. The van der Waals surface area contributed by atoms with Crippen molar-refractivity contribution in [3.05, 3.63) is 0 Å². The molecule has 1 N–H and O–H groups in total. The van der Waals surface area contributed by atoms with Crippen molar-refractivity contribution in [2.75, 3.05) is 70.8 Å². The Bertz CT molecular complexity index is 876. The number of hydrogen-bond donors (Lipinski definition) is 1. The van der Waals surface area contributed by atoms with Crippen LogP contribution in [0.3, 0.4) is 0 Å². The van der Waals surface area contributed by atoms with Crippen LogP contribution >= 0.6 is 23.2 Å². The molecule has 0 unspecified atom stereocenters. The quantitative estimate of drug-likeness (QED) is 0.352. The Morgan fingerprint density at radius 3 is 1.43 bits per heavy atom. The first-order valence-electron chi connectivity index (χ1n) is 17.6. The smallest absolute Gasteiger partial charge is 0.219 e. The maximum absolute atomic E-state index is 12.5. The first-order valence-corrected chi connectivity index (χ1v) is 18.6. The van der Waals surface area contributed by atoms with E-state index in [9.17, 15) is 24.0 Å². The van der Waals surface area contributed by atoms with Gasteiger partial charge in [0.05, 0.1) is 31.5 Å². The Balaban J connectivity index is 0.000000817. The Labute approximate surface area is 289 Å².